The van der Waals surface area contributed by atoms with E-state index in [1.165, 1.54) is 0 Å². The molecule has 7 nitrogen and oxygen atoms in total. The highest BCUT2D eigenvalue weighted by atomic mass is 16.2. The average molecular weight is 348 g/mol. The Morgan fingerprint density at radius 2 is 2.12 bits per heavy atom. The normalized spacial score (nSPS) is 17.3. The van der Waals surface area contributed by atoms with Gasteiger partial charge < -0.3 is 4.90 Å². The third-order valence-corrected chi connectivity index (χ3v) is 4.69. The van der Waals surface area contributed by atoms with Crippen LogP contribution in [0.4, 0.5) is 0 Å². The number of nitrogens with zero attached hydrogens (tertiary/aromatic N) is 6. The van der Waals surface area contributed by atoms with Crippen molar-refractivity contribution < 1.29 is 4.79 Å². The largest absolute Gasteiger partial charge is 0.338 e. The molecular weight excluding hydrogens is 328 g/mol. The number of imidazole rings is 1. The van der Waals surface area contributed by atoms with Gasteiger partial charge in [0.1, 0.15) is 18.0 Å². The minimum Gasteiger partial charge on any atom is -0.338 e. The predicted molar refractivity (Wildman–Crippen MR) is 96.0 cm³/mol. The summed E-state index contributed by atoms with van der Waals surface area (Å²) in [7, 11) is 0. The fourth-order valence-corrected chi connectivity index (χ4v) is 3.35. The molecule has 0 radical (unpaired) electrons. The van der Waals surface area contributed by atoms with Crippen LogP contribution in [-0.2, 0) is 0 Å². The lowest BCUT2D eigenvalue weighted by Gasteiger charge is -2.32. The molecule has 1 fully saturated rings. The molecule has 0 aliphatic carbocycles. The summed E-state index contributed by atoms with van der Waals surface area (Å²) in [6, 6.07) is 5.61. The van der Waals surface area contributed by atoms with Crippen LogP contribution in [0.25, 0.3) is 5.82 Å². The number of aromatic nitrogens is 5. The van der Waals surface area contributed by atoms with Crippen molar-refractivity contribution >= 4 is 5.91 Å². The van der Waals surface area contributed by atoms with E-state index in [-0.39, 0.29) is 11.8 Å². The first-order valence-corrected chi connectivity index (χ1v) is 8.74. The van der Waals surface area contributed by atoms with E-state index >= 15 is 0 Å². The molecule has 132 valence electrons. The SMILES string of the molecule is Cc1nccc([C@H]2CCCN(C(=O)c3ccc(-n4ccnc4)nc3)C2)n1. The number of hydrogen-bond donors (Lipinski definition) is 0. The van der Waals surface area contributed by atoms with Crippen molar-refractivity contribution in [2.45, 2.75) is 25.7 Å². The number of aryl methyl sites for hydroxylation is 1. The Kier molecular flexibility index (Phi) is 4.43. The summed E-state index contributed by atoms with van der Waals surface area (Å²) in [6.07, 6.45) is 10.6. The van der Waals surface area contributed by atoms with E-state index < -0.39 is 0 Å². The third-order valence-electron chi connectivity index (χ3n) is 4.69. The van der Waals surface area contributed by atoms with Crippen molar-refractivity contribution in [2.24, 2.45) is 0 Å². The highest BCUT2D eigenvalue weighted by Crippen LogP contribution is 2.26. The Morgan fingerprint density at radius 1 is 1.19 bits per heavy atom. The van der Waals surface area contributed by atoms with Crippen LogP contribution >= 0.6 is 0 Å². The van der Waals surface area contributed by atoms with Crippen molar-refractivity contribution in [3.8, 4) is 5.82 Å². The van der Waals surface area contributed by atoms with Gasteiger partial charge in [-0.2, -0.15) is 0 Å². The number of rotatable bonds is 3. The predicted octanol–water partition coefficient (Wildman–Crippen LogP) is 2.39. The molecule has 1 aliphatic rings. The van der Waals surface area contributed by atoms with Gasteiger partial charge in [0.25, 0.3) is 5.91 Å². The van der Waals surface area contributed by atoms with Gasteiger partial charge in [-0.15, -0.1) is 0 Å². The van der Waals surface area contributed by atoms with E-state index in [2.05, 4.69) is 19.9 Å². The second-order valence-electron chi connectivity index (χ2n) is 6.49. The topological polar surface area (TPSA) is 76.8 Å². The smallest absolute Gasteiger partial charge is 0.255 e. The minimum atomic E-state index is 0.0187. The zero-order valence-corrected chi connectivity index (χ0v) is 14.6. The highest BCUT2D eigenvalue weighted by molar-refractivity contribution is 5.94. The molecule has 1 aliphatic heterocycles. The van der Waals surface area contributed by atoms with Crippen molar-refractivity contribution in [3.63, 3.8) is 0 Å². The molecule has 4 heterocycles. The van der Waals surface area contributed by atoms with Gasteiger partial charge in [0.15, 0.2) is 0 Å². The van der Waals surface area contributed by atoms with Gasteiger partial charge >= 0.3 is 0 Å². The van der Waals surface area contributed by atoms with Crippen molar-refractivity contribution in [2.75, 3.05) is 13.1 Å². The maximum absolute atomic E-state index is 12.9. The fourth-order valence-electron chi connectivity index (χ4n) is 3.35. The summed E-state index contributed by atoms with van der Waals surface area (Å²) >= 11 is 0. The van der Waals surface area contributed by atoms with Crippen LogP contribution < -0.4 is 0 Å². The Bertz CT molecular complexity index is 891. The first-order chi connectivity index (χ1) is 12.7. The van der Waals surface area contributed by atoms with Gasteiger partial charge in [0.05, 0.1) is 5.56 Å². The molecule has 3 aromatic heterocycles. The van der Waals surface area contributed by atoms with E-state index in [1.807, 2.05) is 40.8 Å². The summed E-state index contributed by atoms with van der Waals surface area (Å²) in [6.45, 7) is 3.34. The quantitative estimate of drug-likeness (QED) is 0.726. The van der Waals surface area contributed by atoms with E-state index in [0.717, 1.165) is 36.7 Å². The standard InChI is InChI=1S/C19H20N6O/c1-14-21-7-6-17(23-14)16-3-2-9-24(12-16)19(26)15-4-5-18(22-11-15)25-10-8-20-13-25/h4-8,10-11,13,16H,2-3,9,12H2,1H3/t16-/m0/s1. The molecule has 0 unspecified atom stereocenters. The van der Waals surface area contributed by atoms with Crippen LogP contribution in [0.3, 0.4) is 0 Å². The molecule has 7 heteroatoms. The highest BCUT2D eigenvalue weighted by Gasteiger charge is 2.26. The molecular formula is C19H20N6O. The lowest BCUT2D eigenvalue weighted by atomic mass is 9.94. The Morgan fingerprint density at radius 3 is 2.85 bits per heavy atom. The molecule has 1 amide bonds. The van der Waals surface area contributed by atoms with E-state index in [1.54, 1.807) is 24.9 Å². The number of hydrogen-bond acceptors (Lipinski definition) is 5. The third kappa shape index (κ3) is 3.33. The number of likely N-dealkylation sites (tertiary alicyclic amines) is 1. The Balaban J connectivity index is 1.49. The summed E-state index contributed by atoms with van der Waals surface area (Å²) in [5.41, 5.74) is 1.62. The van der Waals surface area contributed by atoms with E-state index in [9.17, 15) is 4.79 Å². The van der Waals surface area contributed by atoms with Crippen molar-refractivity contribution in [1.82, 2.24) is 29.4 Å². The first-order valence-electron chi connectivity index (χ1n) is 8.74. The fraction of sp³-hybridized carbons (Fsp3) is 0.316. The summed E-state index contributed by atoms with van der Waals surface area (Å²) in [4.78, 5) is 31.9. The van der Waals surface area contributed by atoms with Gasteiger partial charge in [-0.1, -0.05) is 0 Å². The van der Waals surface area contributed by atoms with Gasteiger partial charge in [-0.05, 0) is 38.0 Å². The molecule has 26 heavy (non-hydrogen) atoms. The zero-order valence-electron chi connectivity index (χ0n) is 14.6. The lowest BCUT2D eigenvalue weighted by Crippen LogP contribution is -2.39. The van der Waals surface area contributed by atoms with Gasteiger partial charge in [-0.25, -0.2) is 19.9 Å². The van der Waals surface area contributed by atoms with Crippen LogP contribution in [0.5, 0.6) is 0 Å². The Labute approximate surface area is 151 Å². The second kappa shape index (κ2) is 7.03. The van der Waals surface area contributed by atoms with Crippen LogP contribution in [-0.4, -0.2) is 48.4 Å². The number of carbonyl (C=O) groups excluding carboxylic acids is 1. The zero-order chi connectivity index (χ0) is 17.9. The lowest BCUT2D eigenvalue weighted by molar-refractivity contribution is 0.0705. The molecule has 1 atom stereocenters. The van der Waals surface area contributed by atoms with Crippen LogP contribution in [0.15, 0.2) is 49.3 Å². The first kappa shape index (κ1) is 16.4. The van der Waals surface area contributed by atoms with Crippen molar-refractivity contribution in [3.05, 3.63) is 66.4 Å². The minimum absolute atomic E-state index is 0.0187. The monoisotopic (exact) mass is 348 g/mol. The summed E-state index contributed by atoms with van der Waals surface area (Å²) in [5, 5.41) is 0. The molecule has 3 aromatic rings. The van der Waals surface area contributed by atoms with Crippen molar-refractivity contribution in [1.29, 1.82) is 0 Å². The number of amides is 1. The van der Waals surface area contributed by atoms with Gasteiger partial charge in [0.2, 0.25) is 0 Å². The molecule has 1 saturated heterocycles. The van der Waals surface area contributed by atoms with Crippen LogP contribution in [0.2, 0.25) is 0 Å². The van der Waals surface area contributed by atoms with Crippen LogP contribution in [0, 0.1) is 6.92 Å². The van der Waals surface area contributed by atoms with Gasteiger partial charge in [-0.3, -0.25) is 9.36 Å². The van der Waals surface area contributed by atoms with E-state index in [0.29, 0.717) is 12.1 Å². The summed E-state index contributed by atoms with van der Waals surface area (Å²) < 4.78 is 1.81. The average Bonchev–Trinajstić information content (AvgIpc) is 3.22. The molecule has 0 N–H and O–H groups in total. The van der Waals surface area contributed by atoms with Crippen LogP contribution in [0.1, 0.15) is 40.6 Å². The summed E-state index contributed by atoms with van der Waals surface area (Å²) in [5.74, 6) is 1.79. The Hall–Kier alpha value is -3.09. The number of piperidine rings is 1. The molecule has 0 spiro atoms. The maximum atomic E-state index is 12.9. The van der Waals surface area contributed by atoms with Gasteiger partial charge in [0, 0.05) is 49.5 Å². The van der Waals surface area contributed by atoms with E-state index in [4.69, 9.17) is 0 Å². The molecule has 0 aromatic carbocycles. The molecule has 0 saturated carbocycles. The molecule has 4 rings (SSSR count). The number of pyridine rings is 1. The second-order valence-corrected chi connectivity index (χ2v) is 6.49. The maximum Gasteiger partial charge on any atom is 0.255 e. The number of carbonyl (C=O) groups is 1. The molecule has 0 bridgehead atoms.